The summed E-state index contributed by atoms with van der Waals surface area (Å²) >= 11 is 1.60. The molecule has 9 heteroatoms. The molecule has 29 heavy (non-hydrogen) atoms. The van der Waals surface area contributed by atoms with E-state index < -0.39 is 6.36 Å². The molecule has 0 atom stereocenters. The van der Waals surface area contributed by atoms with Gasteiger partial charge in [-0.3, -0.25) is 4.79 Å². The van der Waals surface area contributed by atoms with Gasteiger partial charge in [0.25, 0.3) is 0 Å². The fraction of sp³-hybridized carbons (Fsp3) is 0.300. The van der Waals surface area contributed by atoms with Crippen LogP contribution in [0.4, 0.5) is 13.2 Å². The van der Waals surface area contributed by atoms with Crippen LogP contribution in [0.2, 0.25) is 0 Å². The number of thioether (sulfide) groups is 1. The van der Waals surface area contributed by atoms with Crippen molar-refractivity contribution in [2.75, 3.05) is 13.3 Å². The van der Waals surface area contributed by atoms with Crippen molar-refractivity contribution >= 4 is 28.7 Å². The van der Waals surface area contributed by atoms with Crippen LogP contribution in [0.5, 0.6) is 5.75 Å². The van der Waals surface area contributed by atoms with E-state index in [0.717, 1.165) is 16.9 Å². The number of halogens is 3. The fourth-order valence-electron chi connectivity index (χ4n) is 3.00. The van der Waals surface area contributed by atoms with Gasteiger partial charge in [0.15, 0.2) is 0 Å². The summed E-state index contributed by atoms with van der Waals surface area (Å²) in [7, 11) is 1.56. The molecule has 2 aromatic carbocycles. The van der Waals surface area contributed by atoms with Crippen molar-refractivity contribution in [1.29, 1.82) is 0 Å². The van der Waals surface area contributed by atoms with E-state index >= 15 is 0 Å². The van der Waals surface area contributed by atoms with Crippen LogP contribution in [-0.4, -0.2) is 40.0 Å². The fourth-order valence-corrected chi connectivity index (χ4v) is 3.48. The normalized spacial score (nSPS) is 11.6. The van der Waals surface area contributed by atoms with Gasteiger partial charge in [0.05, 0.1) is 16.8 Å². The maximum Gasteiger partial charge on any atom is 0.573 e. The molecule has 0 aliphatic carbocycles. The molecule has 0 aliphatic heterocycles. The highest BCUT2D eigenvalue weighted by Gasteiger charge is 2.32. The van der Waals surface area contributed by atoms with E-state index in [2.05, 4.69) is 9.72 Å². The average Bonchev–Trinajstić information content (AvgIpc) is 3.00. The van der Waals surface area contributed by atoms with Gasteiger partial charge in [-0.25, -0.2) is 4.98 Å². The third-order valence-electron chi connectivity index (χ3n) is 4.33. The number of benzene rings is 2. The van der Waals surface area contributed by atoms with Gasteiger partial charge >= 0.3 is 6.36 Å². The topological polar surface area (TPSA) is 47.4 Å². The van der Waals surface area contributed by atoms with E-state index in [9.17, 15) is 18.0 Å². The number of ether oxygens (including phenoxy) is 1. The summed E-state index contributed by atoms with van der Waals surface area (Å²) < 4.78 is 43.8. The van der Waals surface area contributed by atoms with Gasteiger partial charge in [0.2, 0.25) is 5.91 Å². The van der Waals surface area contributed by atoms with E-state index in [0.29, 0.717) is 5.75 Å². The zero-order chi connectivity index (χ0) is 21.0. The minimum atomic E-state index is -4.79. The molecule has 3 aromatic rings. The van der Waals surface area contributed by atoms with Crippen molar-refractivity contribution in [1.82, 2.24) is 14.5 Å². The van der Waals surface area contributed by atoms with E-state index in [1.54, 1.807) is 24.9 Å². The van der Waals surface area contributed by atoms with Crippen LogP contribution in [0.25, 0.3) is 11.0 Å². The van der Waals surface area contributed by atoms with Crippen LogP contribution in [0.3, 0.4) is 0 Å². The number of imidazole rings is 1. The Morgan fingerprint density at radius 3 is 2.59 bits per heavy atom. The van der Waals surface area contributed by atoms with Crippen LogP contribution < -0.4 is 4.74 Å². The molecule has 0 saturated carbocycles. The summed E-state index contributed by atoms with van der Waals surface area (Å²) in [4.78, 5) is 18.8. The molecular formula is C20H20F3N3O2S. The second kappa shape index (κ2) is 8.77. The van der Waals surface area contributed by atoms with Gasteiger partial charge < -0.3 is 14.2 Å². The molecule has 0 saturated heterocycles. The second-order valence-electron chi connectivity index (χ2n) is 6.44. The van der Waals surface area contributed by atoms with E-state index in [1.807, 2.05) is 35.1 Å². The highest BCUT2D eigenvalue weighted by Crippen LogP contribution is 2.27. The van der Waals surface area contributed by atoms with Crippen LogP contribution >= 0.6 is 11.8 Å². The summed E-state index contributed by atoms with van der Waals surface area (Å²) in [6.07, 6.45) is -2.84. The lowest BCUT2D eigenvalue weighted by Crippen LogP contribution is -2.30. The first-order chi connectivity index (χ1) is 13.8. The minimum absolute atomic E-state index is 0.00439. The van der Waals surface area contributed by atoms with Gasteiger partial charge in [-0.15, -0.1) is 13.2 Å². The zero-order valence-corrected chi connectivity index (χ0v) is 16.8. The lowest BCUT2D eigenvalue weighted by molar-refractivity contribution is -0.275. The summed E-state index contributed by atoms with van der Waals surface area (Å²) in [5.74, 6) is 0.878. The summed E-state index contributed by atoms with van der Waals surface area (Å²) in [5, 5.41) is 0. The monoisotopic (exact) mass is 423 g/mol. The quantitative estimate of drug-likeness (QED) is 0.563. The Balaban J connectivity index is 1.79. The van der Waals surface area contributed by atoms with Crippen molar-refractivity contribution in [3.63, 3.8) is 0 Å². The lowest BCUT2D eigenvalue weighted by atomic mass is 10.2. The Morgan fingerprint density at radius 2 is 1.86 bits per heavy atom. The number of amides is 1. The van der Waals surface area contributed by atoms with E-state index in [1.165, 1.54) is 23.1 Å². The Bertz CT molecular complexity index is 1000. The molecule has 0 N–H and O–H groups in total. The molecule has 0 spiro atoms. The van der Waals surface area contributed by atoms with Crippen molar-refractivity contribution in [3.8, 4) is 5.75 Å². The first kappa shape index (κ1) is 21.0. The van der Waals surface area contributed by atoms with Gasteiger partial charge in [-0.2, -0.15) is 11.8 Å². The molecule has 0 aliphatic rings. The lowest BCUT2D eigenvalue weighted by Gasteiger charge is -2.21. The molecule has 154 valence electrons. The van der Waals surface area contributed by atoms with Crippen molar-refractivity contribution in [3.05, 3.63) is 59.9 Å². The first-order valence-corrected chi connectivity index (χ1v) is 10.2. The van der Waals surface area contributed by atoms with Crippen LogP contribution in [0.15, 0.2) is 48.5 Å². The number of alkyl halides is 3. The number of hydrogen-bond acceptors (Lipinski definition) is 4. The average molecular weight is 423 g/mol. The van der Waals surface area contributed by atoms with Gasteiger partial charge in [0, 0.05) is 19.2 Å². The third kappa shape index (κ3) is 5.23. The maximum absolute atomic E-state index is 12.8. The van der Waals surface area contributed by atoms with Crippen LogP contribution in [0.1, 0.15) is 11.4 Å². The van der Waals surface area contributed by atoms with Crippen molar-refractivity contribution in [2.45, 2.75) is 25.2 Å². The number of para-hydroxylation sites is 3. The minimum Gasteiger partial charge on any atom is -0.405 e. The molecule has 1 heterocycles. The predicted molar refractivity (Wildman–Crippen MR) is 107 cm³/mol. The maximum atomic E-state index is 12.8. The highest BCUT2D eigenvalue weighted by atomic mass is 32.2. The Labute approximate surface area is 170 Å². The van der Waals surface area contributed by atoms with Crippen molar-refractivity contribution < 1.29 is 22.7 Å². The summed E-state index contributed by atoms with van der Waals surface area (Å²) in [6.45, 7) is 0.0464. The molecule has 0 fully saturated rings. The predicted octanol–water partition coefficient (Wildman–Crippen LogP) is 4.46. The summed E-state index contributed by atoms with van der Waals surface area (Å²) in [5.41, 5.74) is 1.93. The SMILES string of the molecule is CSCc1nc2ccccc2n1CC(=O)N(C)Cc1ccccc1OC(F)(F)F. The molecule has 0 unspecified atom stereocenters. The Hall–Kier alpha value is -2.68. The second-order valence-corrected chi connectivity index (χ2v) is 7.31. The number of fused-ring (bicyclic) bond motifs is 1. The summed E-state index contributed by atoms with van der Waals surface area (Å²) in [6, 6.07) is 13.4. The number of aromatic nitrogens is 2. The first-order valence-electron chi connectivity index (χ1n) is 8.79. The number of hydrogen-bond donors (Lipinski definition) is 0. The molecule has 0 bridgehead atoms. The van der Waals surface area contributed by atoms with Gasteiger partial charge in [0.1, 0.15) is 18.1 Å². The number of likely N-dealkylation sites (N-methyl/N-ethyl adjacent to an activating group) is 1. The molecule has 1 aromatic heterocycles. The number of nitrogens with zero attached hydrogens (tertiary/aromatic N) is 3. The Morgan fingerprint density at radius 1 is 1.17 bits per heavy atom. The van der Waals surface area contributed by atoms with E-state index in [4.69, 9.17) is 0 Å². The highest BCUT2D eigenvalue weighted by molar-refractivity contribution is 7.97. The standard InChI is InChI=1S/C20H20F3N3O2S/c1-25(11-14-7-3-6-10-17(14)28-20(21,22)23)19(27)12-26-16-9-5-4-8-15(16)24-18(26)13-29-2/h3-10H,11-13H2,1-2H3. The number of carbonyl (C=O) groups excluding carboxylic acids is 1. The third-order valence-corrected chi connectivity index (χ3v) is 4.88. The van der Waals surface area contributed by atoms with Crippen molar-refractivity contribution in [2.24, 2.45) is 0 Å². The molecule has 0 radical (unpaired) electrons. The van der Waals surface area contributed by atoms with Gasteiger partial charge in [-0.1, -0.05) is 30.3 Å². The molecule has 5 nitrogen and oxygen atoms in total. The number of rotatable bonds is 7. The smallest absolute Gasteiger partial charge is 0.405 e. The van der Waals surface area contributed by atoms with Crippen LogP contribution in [0, 0.1) is 0 Å². The largest absolute Gasteiger partial charge is 0.573 e. The molecule has 1 amide bonds. The molecular weight excluding hydrogens is 403 g/mol. The Kier molecular flexibility index (Phi) is 6.36. The van der Waals surface area contributed by atoms with Gasteiger partial charge in [-0.05, 0) is 24.5 Å². The van der Waals surface area contributed by atoms with E-state index in [-0.39, 0.29) is 30.3 Å². The van der Waals surface area contributed by atoms with Crippen LogP contribution in [-0.2, 0) is 23.6 Å². The molecule has 3 rings (SSSR count). The number of carbonyl (C=O) groups is 1. The zero-order valence-electron chi connectivity index (χ0n) is 15.9.